The van der Waals surface area contributed by atoms with Crippen LogP contribution in [-0.4, -0.2) is 15.7 Å². The van der Waals surface area contributed by atoms with Crippen molar-refractivity contribution in [2.45, 2.75) is 26.5 Å². The highest BCUT2D eigenvalue weighted by Crippen LogP contribution is 2.17. The first-order chi connectivity index (χ1) is 15.1. The number of nitrogens with one attached hydrogen (secondary N) is 1. The predicted molar refractivity (Wildman–Crippen MR) is 120 cm³/mol. The first kappa shape index (κ1) is 20.8. The van der Waals surface area contributed by atoms with Gasteiger partial charge in [-0.1, -0.05) is 42.8 Å². The third kappa shape index (κ3) is 5.55. The van der Waals surface area contributed by atoms with Gasteiger partial charge in [-0.3, -0.25) is 9.48 Å². The summed E-state index contributed by atoms with van der Waals surface area (Å²) in [5.41, 5.74) is 2.90. The molecule has 158 valence electrons. The van der Waals surface area contributed by atoms with Crippen molar-refractivity contribution in [2.24, 2.45) is 0 Å². The Balaban J connectivity index is 1.31. The molecule has 0 fully saturated rings. The number of hydrogen-bond donors (Lipinski definition) is 1. The van der Waals surface area contributed by atoms with Crippen molar-refractivity contribution >= 4 is 23.2 Å². The van der Waals surface area contributed by atoms with Crippen LogP contribution in [0.25, 0.3) is 0 Å². The number of furan rings is 1. The Morgan fingerprint density at radius 3 is 2.55 bits per heavy atom. The maximum Gasteiger partial charge on any atom is 0.291 e. The van der Waals surface area contributed by atoms with Crippen LogP contribution in [-0.2, 0) is 19.6 Å². The molecular weight excluding hydrogens is 414 g/mol. The number of benzene rings is 2. The van der Waals surface area contributed by atoms with Crippen LogP contribution in [0.2, 0.25) is 5.02 Å². The zero-order valence-electron chi connectivity index (χ0n) is 17.0. The van der Waals surface area contributed by atoms with E-state index < -0.39 is 0 Å². The second kappa shape index (κ2) is 9.53. The van der Waals surface area contributed by atoms with E-state index in [-0.39, 0.29) is 18.3 Å². The number of aryl methyl sites for hydroxylation is 1. The van der Waals surface area contributed by atoms with Gasteiger partial charge in [-0.2, -0.15) is 5.10 Å². The molecule has 0 saturated carbocycles. The molecule has 6 nitrogen and oxygen atoms in total. The van der Waals surface area contributed by atoms with E-state index in [4.69, 9.17) is 20.8 Å². The smallest absolute Gasteiger partial charge is 0.291 e. The van der Waals surface area contributed by atoms with E-state index in [0.717, 1.165) is 17.7 Å². The van der Waals surface area contributed by atoms with Crippen LogP contribution in [0.1, 0.15) is 34.4 Å². The molecule has 2 heterocycles. The van der Waals surface area contributed by atoms with E-state index in [2.05, 4.69) is 17.3 Å². The summed E-state index contributed by atoms with van der Waals surface area (Å²) in [4.78, 5) is 12.5. The minimum absolute atomic E-state index is 0.213. The Bertz CT molecular complexity index is 1150. The van der Waals surface area contributed by atoms with Crippen molar-refractivity contribution in [1.82, 2.24) is 9.78 Å². The highest BCUT2D eigenvalue weighted by atomic mass is 35.5. The molecule has 0 radical (unpaired) electrons. The Hall–Kier alpha value is -3.51. The number of nitrogens with zero attached hydrogens (tertiary/aromatic N) is 2. The summed E-state index contributed by atoms with van der Waals surface area (Å²) in [6.45, 7) is 2.93. The number of rotatable bonds is 8. The third-order valence-electron chi connectivity index (χ3n) is 4.75. The van der Waals surface area contributed by atoms with Crippen LogP contribution in [0.15, 0.2) is 77.5 Å². The van der Waals surface area contributed by atoms with Gasteiger partial charge in [-0.25, -0.2) is 0 Å². The van der Waals surface area contributed by atoms with Crippen molar-refractivity contribution in [1.29, 1.82) is 0 Å². The average Bonchev–Trinajstić information content (AvgIpc) is 3.44. The van der Waals surface area contributed by atoms with Gasteiger partial charge in [0.2, 0.25) is 0 Å². The number of anilines is 1. The fourth-order valence-electron chi connectivity index (χ4n) is 3.04. The molecule has 0 saturated heterocycles. The van der Waals surface area contributed by atoms with Crippen LogP contribution in [0.4, 0.5) is 5.69 Å². The number of hydrogen-bond acceptors (Lipinski definition) is 4. The number of halogens is 1. The van der Waals surface area contributed by atoms with E-state index in [1.165, 1.54) is 5.56 Å². The molecule has 4 rings (SSSR count). The topological polar surface area (TPSA) is 69.3 Å². The van der Waals surface area contributed by atoms with Gasteiger partial charge in [0.1, 0.15) is 18.1 Å². The zero-order chi connectivity index (χ0) is 21.6. The molecule has 7 heteroatoms. The number of carbonyl (C=O) groups excluding carboxylic acids is 1. The second-order valence-electron chi connectivity index (χ2n) is 7.06. The summed E-state index contributed by atoms with van der Waals surface area (Å²) in [6.07, 6.45) is 4.34. The number of aromatic nitrogens is 2. The molecule has 2 aromatic heterocycles. The number of amides is 1. The summed E-state index contributed by atoms with van der Waals surface area (Å²) < 4.78 is 13.1. The molecule has 0 unspecified atom stereocenters. The Kier molecular flexibility index (Phi) is 6.38. The number of carbonyl (C=O) groups is 1. The van der Waals surface area contributed by atoms with Crippen LogP contribution < -0.4 is 10.1 Å². The summed E-state index contributed by atoms with van der Waals surface area (Å²) in [7, 11) is 0. The van der Waals surface area contributed by atoms with Crippen LogP contribution in [0.5, 0.6) is 5.75 Å². The van der Waals surface area contributed by atoms with Crippen LogP contribution >= 0.6 is 11.6 Å². The van der Waals surface area contributed by atoms with Crippen molar-refractivity contribution in [3.63, 3.8) is 0 Å². The van der Waals surface area contributed by atoms with Crippen molar-refractivity contribution in [3.05, 3.63) is 101 Å². The standard InChI is InChI=1S/C24H22ClN3O3/c1-2-17-5-9-21(10-6-17)30-16-22-11-12-23(31-22)24(29)27-20-13-26-28(15-20)14-18-3-7-19(25)8-4-18/h3-13,15H,2,14,16H2,1H3,(H,27,29). The van der Waals surface area contributed by atoms with Gasteiger partial charge < -0.3 is 14.5 Å². The first-order valence-electron chi connectivity index (χ1n) is 9.98. The van der Waals surface area contributed by atoms with Crippen molar-refractivity contribution < 1.29 is 13.9 Å². The lowest BCUT2D eigenvalue weighted by atomic mass is 10.2. The van der Waals surface area contributed by atoms with Crippen molar-refractivity contribution in [3.8, 4) is 5.75 Å². The minimum Gasteiger partial charge on any atom is -0.486 e. The molecule has 0 bridgehead atoms. The van der Waals surface area contributed by atoms with Gasteiger partial charge in [-0.05, 0) is 53.9 Å². The highest BCUT2D eigenvalue weighted by Gasteiger charge is 2.13. The fourth-order valence-corrected chi connectivity index (χ4v) is 3.16. The van der Waals surface area contributed by atoms with Crippen molar-refractivity contribution in [2.75, 3.05) is 5.32 Å². The lowest BCUT2D eigenvalue weighted by Crippen LogP contribution is -2.10. The van der Waals surface area contributed by atoms with Gasteiger partial charge in [0.25, 0.3) is 5.91 Å². The molecule has 1 N–H and O–H groups in total. The SMILES string of the molecule is CCc1ccc(OCc2ccc(C(=O)Nc3cnn(Cc4ccc(Cl)cc4)c3)o2)cc1. The third-order valence-corrected chi connectivity index (χ3v) is 5.00. The molecule has 0 aliphatic rings. The minimum atomic E-state index is -0.343. The molecule has 0 spiro atoms. The van der Waals surface area contributed by atoms with Crippen LogP contribution in [0.3, 0.4) is 0 Å². The lowest BCUT2D eigenvalue weighted by Gasteiger charge is -2.05. The van der Waals surface area contributed by atoms with E-state index in [9.17, 15) is 4.79 Å². The number of ether oxygens (including phenoxy) is 1. The molecule has 0 atom stereocenters. The Morgan fingerprint density at radius 2 is 1.81 bits per heavy atom. The maximum absolute atomic E-state index is 12.5. The van der Waals surface area contributed by atoms with E-state index >= 15 is 0 Å². The maximum atomic E-state index is 12.5. The summed E-state index contributed by atoms with van der Waals surface area (Å²) in [6, 6.07) is 18.8. The fraction of sp³-hybridized carbons (Fsp3) is 0.167. The summed E-state index contributed by atoms with van der Waals surface area (Å²) >= 11 is 5.91. The summed E-state index contributed by atoms with van der Waals surface area (Å²) in [5.74, 6) is 1.20. The quantitative estimate of drug-likeness (QED) is 0.392. The lowest BCUT2D eigenvalue weighted by molar-refractivity contribution is 0.0992. The molecular formula is C24H22ClN3O3. The van der Waals surface area contributed by atoms with Gasteiger partial charge in [0.15, 0.2) is 5.76 Å². The van der Waals surface area contributed by atoms with Gasteiger partial charge in [-0.15, -0.1) is 0 Å². The monoisotopic (exact) mass is 435 g/mol. The highest BCUT2D eigenvalue weighted by molar-refractivity contribution is 6.30. The molecule has 0 aliphatic heterocycles. The molecule has 2 aromatic carbocycles. The molecule has 4 aromatic rings. The van der Waals surface area contributed by atoms with E-state index in [1.807, 2.05) is 48.5 Å². The Labute approximate surface area is 185 Å². The molecule has 1 amide bonds. The molecule has 31 heavy (non-hydrogen) atoms. The second-order valence-corrected chi connectivity index (χ2v) is 7.50. The van der Waals surface area contributed by atoms with E-state index in [0.29, 0.717) is 23.0 Å². The largest absolute Gasteiger partial charge is 0.486 e. The normalized spacial score (nSPS) is 10.8. The van der Waals surface area contributed by atoms with Gasteiger partial charge >= 0.3 is 0 Å². The zero-order valence-corrected chi connectivity index (χ0v) is 17.8. The van der Waals surface area contributed by atoms with E-state index in [1.54, 1.807) is 29.2 Å². The predicted octanol–water partition coefficient (Wildman–Crippen LogP) is 5.57. The van der Waals surface area contributed by atoms with Crippen LogP contribution in [0, 0.1) is 0 Å². The summed E-state index contributed by atoms with van der Waals surface area (Å²) in [5, 5.41) is 7.76. The molecule has 0 aliphatic carbocycles. The van der Waals surface area contributed by atoms with Gasteiger partial charge in [0.05, 0.1) is 18.4 Å². The average molecular weight is 436 g/mol. The Morgan fingerprint density at radius 1 is 1.06 bits per heavy atom. The first-order valence-corrected chi connectivity index (χ1v) is 10.4. The van der Waals surface area contributed by atoms with Gasteiger partial charge in [0, 0.05) is 11.2 Å².